The number of rotatable bonds is 8. The van der Waals surface area contributed by atoms with Crippen molar-refractivity contribution in [2.45, 2.75) is 32.8 Å². The number of nitrogens with zero attached hydrogens (tertiary/aromatic N) is 2. The van der Waals surface area contributed by atoms with Gasteiger partial charge in [0.1, 0.15) is 18.1 Å². The minimum Gasteiger partial charge on any atom is -0.454 e. The molecule has 31 heavy (non-hydrogen) atoms. The van der Waals surface area contributed by atoms with Crippen LogP contribution < -0.4 is 10.1 Å². The number of halogens is 3. The van der Waals surface area contributed by atoms with Crippen molar-refractivity contribution in [1.29, 1.82) is 0 Å². The van der Waals surface area contributed by atoms with Crippen molar-refractivity contribution in [3.63, 3.8) is 0 Å². The van der Waals surface area contributed by atoms with Gasteiger partial charge in [0.25, 0.3) is 5.91 Å². The summed E-state index contributed by atoms with van der Waals surface area (Å²) in [6.45, 7) is 1.03. The summed E-state index contributed by atoms with van der Waals surface area (Å²) in [6.07, 6.45) is -4.23. The quantitative estimate of drug-likeness (QED) is 0.549. The van der Waals surface area contributed by atoms with E-state index in [2.05, 4.69) is 15.0 Å². The molecule has 0 atom stereocenters. The average Bonchev–Trinajstić information content (AvgIpc) is 3.08. The smallest absolute Gasteiger partial charge is 0.454 e. The summed E-state index contributed by atoms with van der Waals surface area (Å²) in [6, 6.07) is 12.8. The van der Waals surface area contributed by atoms with E-state index in [1.54, 1.807) is 4.57 Å². The zero-order chi connectivity index (χ0) is 22.4. The van der Waals surface area contributed by atoms with Crippen molar-refractivity contribution >= 4 is 22.9 Å². The molecule has 0 aliphatic carbocycles. The Balaban J connectivity index is 1.54. The predicted octanol–water partition coefficient (Wildman–Crippen LogP) is 3.36. The second-order valence-electron chi connectivity index (χ2n) is 6.55. The molecule has 1 heterocycles. The van der Waals surface area contributed by atoms with Gasteiger partial charge in [-0.05, 0) is 18.2 Å². The van der Waals surface area contributed by atoms with Crippen LogP contribution in [0.1, 0.15) is 18.3 Å². The van der Waals surface area contributed by atoms with E-state index < -0.39 is 30.6 Å². The number of imidazole rings is 1. The number of aryl methyl sites for hydroxylation is 1. The van der Waals surface area contributed by atoms with Gasteiger partial charge in [-0.3, -0.25) is 9.59 Å². The number of para-hydroxylation sites is 3. The summed E-state index contributed by atoms with van der Waals surface area (Å²) in [5.74, 6) is -0.981. The van der Waals surface area contributed by atoms with E-state index in [0.717, 1.165) is 17.1 Å². The average molecular weight is 435 g/mol. The van der Waals surface area contributed by atoms with Gasteiger partial charge < -0.3 is 19.4 Å². The third-order valence-corrected chi connectivity index (χ3v) is 4.38. The Labute approximate surface area is 175 Å². The lowest BCUT2D eigenvalue weighted by Crippen LogP contribution is -2.29. The van der Waals surface area contributed by atoms with E-state index in [0.29, 0.717) is 12.2 Å². The van der Waals surface area contributed by atoms with Gasteiger partial charge in [0.2, 0.25) is 0 Å². The molecular formula is C21H20F3N3O4. The second kappa shape index (κ2) is 9.50. The van der Waals surface area contributed by atoms with Crippen molar-refractivity contribution in [2.75, 3.05) is 6.61 Å². The molecule has 0 saturated carbocycles. The van der Waals surface area contributed by atoms with E-state index in [9.17, 15) is 22.8 Å². The topological polar surface area (TPSA) is 82.5 Å². The molecule has 0 aliphatic rings. The summed E-state index contributed by atoms with van der Waals surface area (Å²) >= 11 is 0. The minimum absolute atomic E-state index is 0.112. The Kier molecular flexibility index (Phi) is 6.78. The molecule has 0 unspecified atom stereocenters. The van der Waals surface area contributed by atoms with Gasteiger partial charge in [0, 0.05) is 18.5 Å². The highest BCUT2D eigenvalue weighted by Gasteiger charge is 2.32. The fraction of sp³-hybridized carbons (Fsp3) is 0.286. The molecule has 7 nitrogen and oxygen atoms in total. The molecule has 2 aromatic carbocycles. The number of carbonyl (C=O) groups is 2. The Morgan fingerprint density at radius 1 is 1.10 bits per heavy atom. The van der Waals surface area contributed by atoms with Crippen molar-refractivity contribution in [2.24, 2.45) is 0 Å². The standard InChI is InChI=1S/C21H20F3N3O4/c1-2-18-26-15-8-4-5-9-16(15)27(18)12-20(29)30-13-19(28)25-11-14-7-3-6-10-17(14)31-21(22,23)24/h3-10H,2,11-13H2,1H3,(H,25,28). The second-order valence-corrected chi connectivity index (χ2v) is 6.55. The first-order chi connectivity index (χ1) is 14.8. The number of amides is 1. The van der Waals surface area contributed by atoms with Gasteiger partial charge >= 0.3 is 12.3 Å². The summed E-state index contributed by atoms with van der Waals surface area (Å²) in [5.41, 5.74) is 1.67. The summed E-state index contributed by atoms with van der Waals surface area (Å²) in [4.78, 5) is 28.7. The Morgan fingerprint density at radius 2 is 1.81 bits per heavy atom. The molecule has 164 valence electrons. The van der Waals surface area contributed by atoms with E-state index >= 15 is 0 Å². The molecular weight excluding hydrogens is 415 g/mol. The molecule has 0 spiro atoms. The molecule has 0 saturated heterocycles. The lowest BCUT2D eigenvalue weighted by molar-refractivity contribution is -0.274. The number of fused-ring (bicyclic) bond motifs is 1. The predicted molar refractivity (Wildman–Crippen MR) is 105 cm³/mol. The number of hydrogen-bond acceptors (Lipinski definition) is 5. The molecule has 1 aromatic heterocycles. The Bertz CT molecular complexity index is 1080. The number of esters is 1. The fourth-order valence-corrected chi connectivity index (χ4v) is 3.01. The van der Waals surface area contributed by atoms with Crippen LogP contribution in [-0.4, -0.2) is 34.4 Å². The van der Waals surface area contributed by atoms with Crippen LogP contribution in [0.25, 0.3) is 11.0 Å². The van der Waals surface area contributed by atoms with Gasteiger partial charge in [-0.1, -0.05) is 37.3 Å². The van der Waals surface area contributed by atoms with Crippen LogP contribution in [0, 0.1) is 0 Å². The van der Waals surface area contributed by atoms with Crippen LogP contribution >= 0.6 is 0 Å². The van der Waals surface area contributed by atoms with Crippen LogP contribution in [0.15, 0.2) is 48.5 Å². The third kappa shape index (κ3) is 5.97. The zero-order valence-corrected chi connectivity index (χ0v) is 16.6. The van der Waals surface area contributed by atoms with Crippen molar-refractivity contribution < 1.29 is 32.2 Å². The fourth-order valence-electron chi connectivity index (χ4n) is 3.01. The van der Waals surface area contributed by atoms with Crippen LogP contribution in [-0.2, 0) is 33.8 Å². The van der Waals surface area contributed by atoms with E-state index in [1.807, 2.05) is 31.2 Å². The van der Waals surface area contributed by atoms with Crippen LogP contribution in [0.4, 0.5) is 13.2 Å². The lowest BCUT2D eigenvalue weighted by Gasteiger charge is -2.13. The summed E-state index contributed by atoms with van der Waals surface area (Å²) in [5, 5.41) is 2.41. The first kappa shape index (κ1) is 22.1. The largest absolute Gasteiger partial charge is 0.573 e. The first-order valence-electron chi connectivity index (χ1n) is 9.47. The first-order valence-corrected chi connectivity index (χ1v) is 9.47. The number of nitrogens with one attached hydrogen (secondary N) is 1. The van der Waals surface area contributed by atoms with Crippen molar-refractivity contribution in [1.82, 2.24) is 14.9 Å². The Hall–Kier alpha value is -3.56. The monoisotopic (exact) mass is 435 g/mol. The van der Waals surface area contributed by atoms with Crippen LogP contribution in [0.5, 0.6) is 5.75 Å². The number of carbonyl (C=O) groups excluding carboxylic acids is 2. The molecule has 0 fully saturated rings. The molecule has 10 heteroatoms. The normalized spacial score (nSPS) is 11.4. The SMILES string of the molecule is CCc1nc2ccccc2n1CC(=O)OCC(=O)NCc1ccccc1OC(F)(F)F. The highest BCUT2D eigenvalue weighted by molar-refractivity contribution is 5.82. The van der Waals surface area contributed by atoms with Gasteiger partial charge in [-0.15, -0.1) is 13.2 Å². The molecule has 3 aromatic rings. The van der Waals surface area contributed by atoms with Crippen LogP contribution in [0.3, 0.4) is 0 Å². The maximum Gasteiger partial charge on any atom is 0.573 e. The zero-order valence-electron chi connectivity index (χ0n) is 16.6. The maximum atomic E-state index is 12.5. The molecule has 1 N–H and O–H groups in total. The summed E-state index contributed by atoms with van der Waals surface area (Å²) < 4.78 is 48.1. The number of benzene rings is 2. The Morgan fingerprint density at radius 3 is 2.55 bits per heavy atom. The highest BCUT2D eigenvalue weighted by Crippen LogP contribution is 2.26. The third-order valence-electron chi connectivity index (χ3n) is 4.38. The minimum atomic E-state index is -4.84. The van der Waals surface area contributed by atoms with Gasteiger partial charge in [-0.25, -0.2) is 4.98 Å². The number of hydrogen-bond donors (Lipinski definition) is 1. The van der Waals surface area contributed by atoms with E-state index in [4.69, 9.17) is 4.74 Å². The lowest BCUT2D eigenvalue weighted by atomic mass is 10.2. The number of aromatic nitrogens is 2. The maximum absolute atomic E-state index is 12.5. The highest BCUT2D eigenvalue weighted by atomic mass is 19.4. The molecule has 3 rings (SSSR count). The van der Waals surface area contributed by atoms with Crippen molar-refractivity contribution in [3.05, 3.63) is 59.9 Å². The van der Waals surface area contributed by atoms with Gasteiger partial charge in [0.15, 0.2) is 6.61 Å². The molecule has 0 radical (unpaired) electrons. The number of alkyl halides is 3. The summed E-state index contributed by atoms with van der Waals surface area (Å²) in [7, 11) is 0. The van der Waals surface area contributed by atoms with Gasteiger partial charge in [-0.2, -0.15) is 0 Å². The van der Waals surface area contributed by atoms with E-state index in [1.165, 1.54) is 18.2 Å². The van der Waals surface area contributed by atoms with Gasteiger partial charge in [0.05, 0.1) is 11.0 Å². The number of ether oxygens (including phenoxy) is 2. The molecule has 0 bridgehead atoms. The molecule has 0 aliphatic heterocycles. The van der Waals surface area contributed by atoms with Crippen LogP contribution in [0.2, 0.25) is 0 Å². The van der Waals surface area contributed by atoms with Crippen molar-refractivity contribution in [3.8, 4) is 5.75 Å². The molecule has 1 amide bonds. The van der Waals surface area contributed by atoms with E-state index in [-0.39, 0.29) is 18.7 Å².